The van der Waals surface area contributed by atoms with Gasteiger partial charge in [-0.3, -0.25) is 0 Å². The van der Waals surface area contributed by atoms with Gasteiger partial charge in [0.1, 0.15) is 0 Å². The second-order valence-corrected chi connectivity index (χ2v) is 4.91. The van der Waals surface area contributed by atoms with Crippen molar-refractivity contribution in [3.8, 4) is 0 Å². The molecule has 0 unspecified atom stereocenters. The van der Waals surface area contributed by atoms with E-state index >= 15 is 0 Å². The van der Waals surface area contributed by atoms with Gasteiger partial charge in [-0.1, -0.05) is 0 Å². The molecule has 0 radical (unpaired) electrons. The number of imidazole rings is 1. The van der Waals surface area contributed by atoms with Gasteiger partial charge in [0.05, 0.1) is 18.1 Å². The Kier molecular flexibility index (Phi) is 1.78. The molecule has 2 rings (SSSR count). The van der Waals surface area contributed by atoms with E-state index in [9.17, 15) is 8.42 Å². The standard InChI is InChI=1S/C7H8N4O2S/c1-5-4-11-6(9-5)3-8-7(10-11)14(2,12)13/h3-4H,1-2H3. The van der Waals surface area contributed by atoms with Crippen molar-refractivity contribution in [2.75, 3.05) is 6.26 Å². The predicted octanol–water partition coefficient (Wildman–Crippen LogP) is -0.164. The van der Waals surface area contributed by atoms with Gasteiger partial charge in [0, 0.05) is 6.26 Å². The quantitative estimate of drug-likeness (QED) is 0.656. The third kappa shape index (κ3) is 1.46. The molecule has 0 amide bonds. The second kappa shape index (κ2) is 2.74. The average molecular weight is 212 g/mol. The summed E-state index contributed by atoms with van der Waals surface area (Å²) in [6, 6.07) is 0. The largest absolute Gasteiger partial charge is 0.265 e. The van der Waals surface area contributed by atoms with Gasteiger partial charge in [-0.2, -0.15) is 0 Å². The van der Waals surface area contributed by atoms with Gasteiger partial charge in [-0.15, -0.1) is 5.10 Å². The Morgan fingerprint density at radius 1 is 1.43 bits per heavy atom. The highest BCUT2D eigenvalue weighted by atomic mass is 32.2. The van der Waals surface area contributed by atoms with Crippen LogP contribution in [0.5, 0.6) is 0 Å². The first-order valence-corrected chi connectivity index (χ1v) is 5.75. The molecule has 0 saturated carbocycles. The Morgan fingerprint density at radius 2 is 2.14 bits per heavy atom. The van der Waals surface area contributed by atoms with E-state index in [1.54, 1.807) is 13.1 Å². The van der Waals surface area contributed by atoms with Crippen LogP contribution in [0.25, 0.3) is 5.65 Å². The summed E-state index contributed by atoms with van der Waals surface area (Å²) in [5.74, 6) is 0. The molecule has 0 saturated heterocycles. The summed E-state index contributed by atoms with van der Waals surface area (Å²) in [7, 11) is -3.36. The maximum atomic E-state index is 11.1. The Morgan fingerprint density at radius 3 is 2.79 bits per heavy atom. The maximum Gasteiger partial charge on any atom is 0.265 e. The van der Waals surface area contributed by atoms with Crippen molar-refractivity contribution in [3.63, 3.8) is 0 Å². The van der Waals surface area contributed by atoms with Crippen molar-refractivity contribution in [1.82, 2.24) is 19.6 Å². The zero-order valence-corrected chi connectivity index (χ0v) is 8.48. The molecule has 2 aromatic heterocycles. The van der Waals surface area contributed by atoms with Gasteiger partial charge in [-0.05, 0) is 6.92 Å². The molecule has 2 heterocycles. The summed E-state index contributed by atoms with van der Waals surface area (Å²) in [4.78, 5) is 7.79. The molecule has 0 atom stereocenters. The SMILES string of the molecule is Cc1cn2nc(S(C)(=O)=O)ncc2n1. The normalized spacial score (nSPS) is 12.1. The molecule has 0 spiro atoms. The molecule has 14 heavy (non-hydrogen) atoms. The maximum absolute atomic E-state index is 11.1. The topological polar surface area (TPSA) is 77.2 Å². The Bertz CT molecular complexity index is 587. The van der Waals surface area contributed by atoms with Crippen molar-refractivity contribution >= 4 is 15.5 Å². The van der Waals surface area contributed by atoms with Gasteiger partial charge in [0.2, 0.25) is 9.84 Å². The van der Waals surface area contributed by atoms with Crippen LogP contribution < -0.4 is 0 Å². The summed E-state index contributed by atoms with van der Waals surface area (Å²) in [5.41, 5.74) is 1.31. The highest BCUT2D eigenvalue weighted by Crippen LogP contribution is 2.04. The first-order valence-electron chi connectivity index (χ1n) is 3.86. The smallest absolute Gasteiger partial charge is 0.231 e. The molecule has 74 valence electrons. The molecule has 0 bridgehead atoms. The van der Waals surface area contributed by atoms with Gasteiger partial charge >= 0.3 is 0 Å². The van der Waals surface area contributed by atoms with Crippen molar-refractivity contribution < 1.29 is 8.42 Å². The summed E-state index contributed by atoms with van der Waals surface area (Å²) in [6.07, 6.45) is 4.10. The van der Waals surface area contributed by atoms with Crippen LogP contribution in [0.1, 0.15) is 5.69 Å². The second-order valence-electron chi connectivity index (χ2n) is 3.00. The molecule has 0 fully saturated rings. The van der Waals surface area contributed by atoms with Crippen molar-refractivity contribution in [2.24, 2.45) is 0 Å². The fourth-order valence-electron chi connectivity index (χ4n) is 1.07. The fourth-order valence-corrected chi connectivity index (χ4v) is 1.55. The van der Waals surface area contributed by atoms with Crippen LogP contribution in [0, 0.1) is 6.92 Å². The van der Waals surface area contributed by atoms with Crippen molar-refractivity contribution in [1.29, 1.82) is 0 Å². The van der Waals surface area contributed by atoms with Gasteiger partial charge in [0.25, 0.3) is 5.16 Å². The number of aromatic nitrogens is 4. The zero-order valence-electron chi connectivity index (χ0n) is 7.67. The zero-order chi connectivity index (χ0) is 10.3. The number of hydrogen-bond donors (Lipinski definition) is 0. The van der Waals surface area contributed by atoms with E-state index in [1.807, 2.05) is 0 Å². The van der Waals surface area contributed by atoms with E-state index in [0.717, 1.165) is 11.9 Å². The minimum atomic E-state index is -3.36. The first-order chi connectivity index (χ1) is 6.47. The summed E-state index contributed by atoms with van der Waals surface area (Å²) in [6.45, 7) is 1.80. The van der Waals surface area contributed by atoms with Crippen LogP contribution in [-0.2, 0) is 9.84 Å². The minimum Gasteiger partial charge on any atom is -0.231 e. The monoisotopic (exact) mass is 212 g/mol. The lowest BCUT2D eigenvalue weighted by molar-refractivity contribution is 0.587. The molecular weight excluding hydrogens is 204 g/mol. The van der Waals surface area contributed by atoms with E-state index in [0.29, 0.717) is 5.65 Å². The molecule has 6 nitrogen and oxygen atoms in total. The highest BCUT2D eigenvalue weighted by Gasteiger charge is 2.12. The molecule has 7 heteroatoms. The molecule has 0 N–H and O–H groups in total. The fraction of sp³-hybridized carbons (Fsp3) is 0.286. The Hall–Kier alpha value is -1.50. The average Bonchev–Trinajstić information content (AvgIpc) is 2.41. The van der Waals surface area contributed by atoms with E-state index in [-0.39, 0.29) is 5.16 Å². The molecule has 0 aromatic carbocycles. The van der Waals surface area contributed by atoms with Crippen LogP contribution >= 0.6 is 0 Å². The Labute approximate surface area is 80.5 Å². The van der Waals surface area contributed by atoms with E-state index in [2.05, 4.69) is 15.1 Å². The number of nitrogens with zero attached hydrogens (tertiary/aromatic N) is 4. The molecular formula is C7H8N4O2S. The number of aryl methyl sites for hydroxylation is 1. The third-order valence-corrected chi connectivity index (χ3v) is 2.50. The minimum absolute atomic E-state index is 0.192. The van der Waals surface area contributed by atoms with Gasteiger partial charge in [0.15, 0.2) is 5.65 Å². The van der Waals surface area contributed by atoms with Crippen LogP contribution in [0.4, 0.5) is 0 Å². The molecule has 2 aromatic rings. The lowest BCUT2D eigenvalue weighted by Gasteiger charge is -1.95. The number of sulfone groups is 1. The van der Waals surface area contributed by atoms with E-state index in [4.69, 9.17) is 0 Å². The summed E-state index contributed by atoms with van der Waals surface area (Å²) < 4.78 is 23.7. The number of hydrogen-bond acceptors (Lipinski definition) is 5. The summed E-state index contributed by atoms with van der Waals surface area (Å²) >= 11 is 0. The molecule has 0 aliphatic rings. The van der Waals surface area contributed by atoms with Crippen LogP contribution in [-0.4, -0.2) is 34.3 Å². The van der Waals surface area contributed by atoms with Crippen molar-refractivity contribution in [2.45, 2.75) is 12.1 Å². The summed E-state index contributed by atoms with van der Waals surface area (Å²) in [5, 5.41) is 3.63. The van der Waals surface area contributed by atoms with E-state index in [1.165, 1.54) is 10.7 Å². The van der Waals surface area contributed by atoms with Crippen LogP contribution in [0.15, 0.2) is 17.6 Å². The van der Waals surface area contributed by atoms with Crippen molar-refractivity contribution in [3.05, 3.63) is 18.1 Å². The lowest BCUT2D eigenvalue weighted by Crippen LogP contribution is -2.06. The Balaban J connectivity index is 2.74. The van der Waals surface area contributed by atoms with Gasteiger partial charge in [-0.25, -0.2) is 22.9 Å². The van der Waals surface area contributed by atoms with E-state index < -0.39 is 9.84 Å². The lowest BCUT2D eigenvalue weighted by atomic mass is 10.6. The van der Waals surface area contributed by atoms with Crippen LogP contribution in [0.3, 0.4) is 0 Å². The number of fused-ring (bicyclic) bond motifs is 1. The first kappa shape index (κ1) is 9.07. The van der Waals surface area contributed by atoms with Gasteiger partial charge < -0.3 is 0 Å². The highest BCUT2D eigenvalue weighted by molar-refractivity contribution is 7.90. The predicted molar refractivity (Wildman–Crippen MR) is 48.6 cm³/mol. The third-order valence-electron chi connectivity index (χ3n) is 1.65. The van der Waals surface area contributed by atoms with Crippen LogP contribution in [0.2, 0.25) is 0 Å². The molecule has 0 aliphatic carbocycles. The number of rotatable bonds is 1. The molecule has 0 aliphatic heterocycles.